The number of nitrogens with zero attached hydrogens (tertiary/aromatic N) is 3. The van der Waals surface area contributed by atoms with E-state index < -0.39 is 36.8 Å². The first kappa shape index (κ1) is 15.0. The summed E-state index contributed by atoms with van der Waals surface area (Å²) in [5.41, 5.74) is -0.844. The van der Waals surface area contributed by atoms with Gasteiger partial charge in [0.25, 0.3) is 0 Å². The van der Waals surface area contributed by atoms with Crippen LogP contribution in [0.5, 0.6) is 0 Å². The molecule has 2 aliphatic rings. The van der Waals surface area contributed by atoms with E-state index in [9.17, 15) is 19.8 Å². The van der Waals surface area contributed by atoms with Crippen molar-refractivity contribution in [3.63, 3.8) is 0 Å². The Hall–Kier alpha value is -1.88. The van der Waals surface area contributed by atoms with Crippen molar-refractivity contribution in [3.05, 3.63) is 16.7 Å². The van der Waals surface area contributed by atoms with Gasteiger partial charge in [0.2, 0.25) is 5.91 Å². The second kappa shape index (κ2) is 5.72. The van der Waals surface area contributed by atoms with Gasteiger partial charge >= 0.3 is 5.69 Å². The van der Waals surface area contributed by atoms with Gasteiger partial charge < -0.3 is 25.4 Å². The highest BCUT2D eigenvalue weighted by Gasteiger charge is 2.44. The van der Waals surface area contributed by atoms with Crippen molar-refractivity contribution in [2.75, 3.05) is 11.9 Å². The lowest BCUT2D eigenvalue weighted by molar-refractivity contribution is -0.117. The molecule has 4 atom stereocenters. The average molecular weight is 312 g/mol. The highest BCUT2D eigenvalue weighted by molar-refractivity contribution is 5.92. The van der Waals surface area contributed by atoms with Gasteiger partial charge in [0.15, 0.2) is 12.0 Å². The number of ether oxygens (including phenoxy) is 1. The second-order valence-electron chi connectivity index (χ2n) is 5.36. The molecule has 0 bridgehead atoms. The van der Waals surface area contributed by atoms with Crippen LogP contribution in [0.3, 0.4) is 0 Å². The molecule has 1 aromatic rings. The minimum Gasteiger partial charge on any atom is -0.394 e. The molecule has 22 heavy (non-hydrogen) atoms. The second-order valence-corrected chi connectivity index (χ2v) is 5.36. The Morgan fingerprint density at radius 1 is 1.41 bits per heavy atom. The van der Waals surface area contributed by atoms with Crippen LogP contribution in [0.4, 0.5) is 5.82 Å². The topological polar surface area (TPSA) is 147 Å². The summed E-state index contributed by atoms with van der Waals surface area (Å²) in [6.45, 7) is -0.508. The number of rotatable bonds is 4. The molecule has 1 aliphatic carbocycles. The SMILES string of the molecule is O=C(Nc1cnn([C@@H]2O[C@H](CO)[C@@H](O)[C@H]2O)c(=O)n1)C1CC1. The third-order valence-corrected chi connectivity index (χ3v) is 3.67. The molecule has 1 saturated heterocycles. The Morgan fingerprint density at radius 2 is 2.14 bits per heavy atom. The van der Waals surface area contributed by atoms with E-state index in [2.05, 4.69) is 15.4 Å². The molecule has 1 aliphatic heterocycles. The van der Waals surface area contributed by atoms with Crippen molar-refractivity contribution < 1.29 is 24.9 Å². The summed E-state index contributed by atoms with van der Waals surface area (Å²) in [5, 5.41) is 34.8. The monoisotopic (exact) mass is 312 g/mol. The Bertz CT molecular complexity index is 630. The summed E-state index contributed by atoms with van der Waals surface area (Å²) in [6, 6.07) is 0. The van der Waals surface area contributed by atoms with E-state index in [1.165, 1.54) is 0 Å². The van der Waals surface area contributed by atoms with Crippen LogP contribution in [-0.4, -0.2) is 60.9 Å². The average Bonchev–Trinajstić information content (AvgIpc) is 3.29. The third-order valence-electron chi connectivity index (χ3n) is 3.67. The maximum Gasteiger partial charge on any atom is 0.368 e. The zero-order valence-corrected chi connectivity index (χ0v) is 11.5. The van der Waals surface area contributed by atoms with Crippen LogP contribution in [0.1, 0.15) is 19.1 Å². The number of amides is 1. The van der Waals surface area contributed by atoms with Crippen LogP contribution >= 0.6 is 0 Å². The summed E-state index contributed by atoms with van der Waals surface area (Å²) in [5.74, 6) is -0.228. The summed E-state index contributed by atoms with van der Waals surface area (Å²) in [4.78, 5) is 27.2. The van der Waals surface area contributed by atoms with E-state index in [0.29, 0.717) is 0 Å². The van der Waals surface area contributed by atoms with Crippen LogP contribution in [0, 0.1) is 5.92 Å². The van der Waals surface area contributed by atoms with Crippen LogP contribution in [0.2, 0.25) is 0 Å². The fourth-order valence-corrected chi connectivity index (χ4v) is 2.24. The maximum absolute atomic E-state index is 11.9. The normalized spacial score (nSPS) is 31.2. The summed E-state index contributed by atoms with van der Waals surface area (Å²) >= 11 is 0. The van der Waals surface area contributed by atoms with Crippen molar-refractivity contribution in [3.8, 4) is 0 Å². The molecule has 1 saturated carbocycles. The molecule has 4 N–H and O–H groups in total. The van der Waals surface area contributed by atoms with E-state index in [1.54, 1.807) is 0 Å². The number of aliphatic hydroxyl groups excluding tert-OH is 3. The van der Waals surface area contributed by atoms with Crippen molar-refractivity contribution >= 4 is 11.7 Å². The first-order valence-corrected chi connectivity index (χ1v) is 6.90. The molecule has 2 heterocycles. The minimum absolute atomic E-state index is 0.0184. The molecule has 1 amide bonds. The van der Waals surface area contributed by atoms with Crippen molar-refractivity contribution in [2.24, 2.45) is 5.92 Å². The Labute approximate surface area is 124 Å². The number of carbonyl (C=O) groups excluding carboxylic acids is 1. The van der Waals surface area contributed by atoms with Crippen LogP contribution in [0.15, 0.2) is 11.0 Å². The Kier molecular flexibility index (Phi) is 3.91. The minimum atomic E-state index is -1.42. The quantitative estimate of drug-likeness (QED) is 0.481. The first-order chi connectivity index (χ1) is 10.5. The van der Waals surface area contributed by atoms with E-state index in [4.69, 9.17) is 9.84 Å². The zero-order valence-electron chi connectivity index (χ0n) is 11.5. The number of hydrogen-bond acceptors (Lipinski definition) is 8. The summed E-state index contributed by atoms with van der Waals surface area (Å²) in [7, 11) is 0. The zero-order chi connectivity index (χ0) is 15.9. The largest absolute Gasteiger partial charge is 0.394 e. The molecule has 2 fully saturated rings. The van der Waals surface area contributed by atoms with E-state index >= 15 is 0 Å². The fourth-order valence-electron chi connectivity index (χ4n) is 2.24. The van der Waals surface area contributed by atoms with Gasteiger partial charge in [0.05, 0.1) is 12.8 Å². The molecule has 0 aromatic carbocycles. The van der Waals surface area contributed by atoms with Gasteiger partial charge in [0.1, 0.15) is 18.3 Å². The number of aliphatic hydroxyl groups is 3. The van der Waals surface area contributed by atoms with Crippen LogP contribution in [-0.2, 0) is 9.53 Å². The number of aromatic nitrogens is 3. The molecule has 1 aromatic heterocycles. The van der Waals surface area contributed by atoms with Gasteiger partial charge in [-0.25, -0.2) is 4.79 Å². The molecule has 3 rings (SSSR count). The lowest BCUT2D eigenvalue weighted by atomic mass is 10.1. The third kappa shape index (κ3) is 2.73. The van der Waals surface area contributed by atoms with Crippen molar-refractivity contribution in [2.45, 2.75) is 37.4 Å². The molecule has 0 unspecified atom stereocenters. The molecule has 120 valence electrons. The van der Waals surface area contributed by atoms with Crippen LogP contribution in [0.25, 0.3) is 0 Å². The van der Waals surface area contributed by atoms with Crippen LogP contribution < -0.4 is 11.0 Å². The highest BCUT2D eigenvalue weighted by atomic mass is 16.6. The van der Waals surface area contributed by atoms with Gasteiger partial charge in [0, 0.05) is 5.92 Å². The molecular weight excluding hydrogens is 296 g/mol. The number of anilines is 1. The highest BCUT2D eigenvalue weighted by Crippen LogP contribution is 2.30. The van der Waals surface area contributed by atoms with E-state index in [1.807, 2.05) is 0 Å². The summed E-state index contributed by atoms with van der Waals surface area (Å²) in [6.07, 6.45) is -2.22. The van der Waals surface area contributed by atoms with Gasteiger partial charge in [-0.2, -0.15) is 14.8 Å². The fraction of sp³-hybridized carbons (Fsp3) is 0.667. The van der Waals surface area contributed by atoms with Gasteiger partial charge in [-0.05, 0) is 12.8 Å². The molecule has 0 radical (unpaired) electrons. The predicted octanol–water partition coefficient (Wildman–Crippen LogP) is -2.40. The molecule has 10 nitrogen and oxygen atoms in total. The van der Waals surface area contributed by atoms with Crippen molar-refractivity contribution in [1.82, 2.24) is 14.8 Å². The Balaban J connectivity index is 1.77. The molecular formula is C12H16N4O6. The predicted molar refractivity (Wildman–Crippen MR) is 70.7 cm³/mol. The summed E-state index contributed by atoms with van der Waals surface area (Å²) < 4.78 is 5.95. The maximum atomic E-state index is 11.9. The Morgan fingerprint density at radius 3 is 2.68 bits per heavy atom. The lowest BCUT2D eigenvalue weighted by Crippen LogP contribution is -2.37. The first-order valence-electron chi connectivity index (χ1n) is 6.90. The molecule has 0 spiro atoms. The van der Waals surface area contributed by atoms with Crippen molar-refractivity contribution in [1.29, 1.82) is 0 Å². The number of nitrogens with one attached hydrogen (secondary N) is 1. The van der Waals surface area contributed by atoms with Gasteiger partial charge in [-0.3, -0.25) is 4.79 Å². The smallest absolute Gasteiger partial charge is 0.368 e. The standard InChI is InChI=1S/C12H16N4O6/c17-4-6-8(18)9(19)11(22-6)16-12(21)15-7(3-13-16)14-10(20)5-1-2-5/h3,5-6,8-9,11,17-19H,1-2,4H2,(H,14,15,20,21)/t6-,8-,9-,11-/m1/s1. The number of carbonyl (C=O) groups is 1. The van der Waals surface area contributed by atoms with Gasteiger partial charge in [-0.15, -0.1) is 0 Å². The lowest BCUT2D eigenvalue weighted by Gasteiger charge is -2.15. The van der Waals surface area contributed by atoms with E-state index in [-0.39, 0.29) is 17.6 Å². The van der Waals surface area contributed by atoms with E-state index in [0.717, 1.165) is 23.7 Å². The number of hydrogen-bond donors (Lipinski definition) is 4. The molecule has 10 heteroatoms. The van der Waals surface area contributed by atoms with Gasteiger partial charge in [-0.1, -0.05) is 0 Å².